The summed E-state index contributed by atoms with van der Waals surface area (Å²) in [6, 6.07) is 15.3. The average molecular weight is 412 g/mol. The molecular formula is C23H26ClN3O2. The van der Waals surface area contributed by atoms with Crippen LogP contribution in [0.1, 0.15) is 28.8 Å². The van der Waals surface area contributed by atoms with Crippen molar-refractivity contribution in [1.29, 1.82) is 0 Å². The Hall–Kier alpha value is -2.37. The number of halogens is 1. The number of para-hydroxylation sites is 1. The fourth-order valence-electron chi connectivity index (χ4n) is 3.80. The zero-order valence-electron chi connectivity index (χ0n) is 16.7. The molecule has 0 unspecified atom stereocenters. The van der Waals surface area contributed by atoms with E-state index >= 15 is 0 Å². The van der Waals surface area contributed by atoms with E-state index in [1.165, 1.54) is 5.56 Å². The lowest BCUT2D eigenvalue weighted by Crippen LogP contribution is -2.48. The molecular weight excluding hydrogens is 386 g/mol. The molecule has 1 aliphatic carbocycles. The molecule has 152 valence electrons. The van der Waals surface area contributed by atoms with Crippen molar-refractivity contribution in [2.75, 3.05) is 38.1 Å². The summed E-state index contributed by atoms with van der Waals surface area (Å²) in [5.74, 6) is 0.236. The quantitative estimate of drug-likeness (QED) is 0.754. The van der Waals surface area contributed by atoms with Crippen molar-refractivity contribution < 1.29 is 9.59 Å². The van der Waals surface area contributed by atoms with E-state index in [1.54, 1.807) is 11.9 Å². The molecule has 0 atom stereocenters. The first-order valence-electron chi connectivity index (χ1n) is 10.2. The maximum absolute atomic E-state index is 13.2. The van der Waals surface area contributed by atoms with Gasteiger partial charge in [0.15, 0.2) is 0 Å². The Morgan fingerprint density at radius 3 is 2.31 bits per heavy atom. The molecule has 2 fully saturated rings. The van der Waals surface area contributed by atoms with Crippen molar-refractivity contribution in [2.45, 2.75) is 19.4 Å². The maximum Gasteiger partial charge on any atom is 0.256 e. The molecule has 2 amide bonds. The molecule has 2 aromatic carbocycles. The van der Waals surface area contributed by atoms with Crippen LogP contribution in [0.15, 0.2) is 48.5 Å². The summed E-state index contributed by atoms with van der Waals surface area (Å²) in [5, 5.41) is 0.743. The minimum absolute atomic E-state index is 0.00203. The van der Waals surface area contributed by atoms with Gasteiger partial charge in [0.1, 0.15) is 0 Å². The number of hydrogen-bond donors (Lipinski definition) is 0. The molecule has 4 rings (SSSR count). The molecule has 0 bridgehead atoms. The second kappa shape index (κ2) is 8.56. The van der Waals surface area contributed by atoms with Crippen LogP contribution in [0, 0.1) is 5.92 Å². The first kappa shape index (κ1) is 19.9. The summed E-state index contributed by atoms with van der Waals surface area (Å²) in [6.07, 6.45) is 1.91. The highest BCUT2D eigenvalue weighted by Crippen LogP contribution is 2.33. The molecule has 1 heterocycles. The minimum atomic E-state index is 0.00203. The van der Waals surface area contributed by atoms with Gasteiger partial charge in [-0.05, 0) is 42.7 Å². The van der Waals surface area contributed by atoms with Crippen LogP contribution in [0.4, 0.5) is 5.69 Å². The van der Waals surface area contributed by atoms with Gasteiger partial charge in [-0.25, -0.2) is 0 Å². The van der Waals surface area contributed by atoms with Crippen LogP contribution in [0.3, 0.4) is 0 Å². The number of anilines is 1. The van der Waals surface area contributed by atoms with E-state index in [4.69, 9.17) is 11.6 Å². The predicted molar refractivity (Wildman–Crippen MR) is 115 cm³/mol. The lowest BCUT2D eigenvalue weighted by Gasteiger charge is -2.35. The normalized spacial score (nSPS) is 17.2. The largest absolute Gasteiger partial charge is 0.336 e. The van der Waals surface area contributed by atoms with Gasteiger partial charge in [0.2, 0.25) is 5.91 Å². The first-order valence-corrected chi connectivity index (χ1v) is 10.5. The molecule has 2 aliphatic rings. The lowest BCUT2D eigenvalue weighted by molar-refractivity contribution is -0.119. The van der Waals surface area contributed by atoms with E-state index in [0.717, 1.165) is 37.5 Å². The topological polar surface area (TPSA) is 43.9 Å². The smallest absolute Gasteiger partial charge is 0.256 e. The van der Waals surface area contributed by atoms with Gasteiger partial charge in [-0.3, -0.25) is 14.5 Å². The van der Waals surface area contributed by atoms with E-state index in [-0.39, 0.29) is 17.7 Å². The standard InChI is InChI=1S/C23H26ClN3O2/c1-25(22(28)18-8-9-18)21-5-3-2-4-20(21)23(29)27-14-12-26(13-15-27)16-17-6-10-19(24)11-7-17/h2-7,10-11,18H,8-9,12-16H2,1H3. The van der Waals surface area contributed by atoms with Gasteiger partial charge in [-0.15, -0.1) is 0 Å². The molecule has 0 aromatic heterocycles. The number of piperazine rings is 1. The van der Waals surface area contributed by atoms with Crippen LogP contribution in [-0.2, 0) is 11.3 Å². The highest BCUT2D eigenvalue weighted by molar-refractivity contribution is 6.30. The summed E-state index contributed by atoms with van der Waals surface area (Å²) in [4.78, 5) is 31.6. The average Bonchev–Trinajstić information content (AvgIpc) is 3.60. The van der Waals surface area contributed by atoms with Crippen LogP contribution >= 0.6 is 11.6 Å². The van der Waals surface area contributed by atoms with Crippen molar-refractivity contribution in [2.24, 2.45) is 5.92 Å². The number of nitrogens with zero attached hydrogens (tertiary/aromatic N) is 3. The van der Waals surface area contributed by atoms with E-state index in [1.807, 2.05) is 53.4 Å². The maximum atomic E-state index is 13.2. The monoisotopic (exact) mass is 411 g/mol. The summed E-state index contributed by atoms with van der Waals surface area (Å²) >= 11 is 5.96. The summed E-state index contributed by atoms with van der Waals surface area (Å²) < 4.78 is 0. The number of hydrogen-bond acceptors (Lipinski definition) is 3. The predicted octanol–water partition coefficient (Wildman–Crippen LogP) is 3.67. The van der Waals surface area contributed by atoms with Crippen molar-refractivity contribution in [1.82, 2.24) is 9.80 Å². The van der Waals surface area contributed by atoms with Gasteiger partial charge in [-0.2, -0.15) is 0 Å². The van der Waals surface area contributed by atoms with Crippen LogP contribution < -0.4 is 4.90 Å². The number of carbonyl (C=O) groups excluding carboxylic acids is 2. The number of carbonyl (C=O) groups is 2. The molecule has 0 radical (unpaired) electrons. The van der Waals surface area contributed by atoms with Crippen molar-refractivity contribution >= 4 is 29.1 Å². The second-order valence-electron chi connectivity index (χ2n) is 7.88. The van der Waals surface area contributed by atoms with E-state index < -0.39 is 0 Å². The Labute approximate surface area is 176 Å². The third kappa shape index (κ3) is 4.62. The van der Waals surface area contributed by atoms with Crippen LogP contribution in [0.2, 0.25) is 5.02 Å². The highest BCUT2D eigenvalue weighted by Gasteiger charge is 2.34. The Bertz CT molecular complexity index is 887. The summed E-state index contributed by atoms with van der Waals surface area (Å²) in [7, 11) is 1.77. The van der Waals surface area contributed by atoms with Gasteiger partial charge in [0.25, 0.3) is 5.91 Å². The van der Waals surface area contributed by atoms with Gasteiger partial charge < -0.3 is 9.80 Å². The Kier molecular flexibility index (Phi) is 5.88. The summed E-state index contributed by atoms with van der Waals surface area (Å²) in [6.45, 7) is 3.87. The first-order chi connectivity index (χ1) is 14.0. The van der Waals surface area contributed by atoms with E-state index in [2.05, 4.69) is 4.90 Å². The van der Waals surface area contributed by atoms with Crippen molar-refractivity contribution in [3.05, 3.63) is 64.7 Å². The van der Waals surface area contributed by atoms with Gasteiger partial charge in [-0.1, -0.05) is 35.9 Å². The summed E-state index contributed by atoms with van der Waals surface area (Å²) in [5.41, 5.74) is 2.54. The molecule has 29 heavy (non-hydrogen) atoms. The number of benzene rings is 2. The Morgan fingerprint density at radius 2 is 1.66 bits per heavy atom. The zero-order chi connectivity index (χ0) is 20.4. The molecule has 2 aromatic rings. The minimum Gasteiger partial charge on any atom is -0.336 e. The van der Waals surface area contributed by atoms with Crippen molar-refractivity contribution in [3.63, 3.8) is 0 Å². The number of amides is 2. The zero-order valence-corrected chi connectivity index (χ0v) is 17.4. The SMILES string of the molecule is CN(C(=O)C1CC1)c1ccccc1C(=O)N1CCN(Cc2ccc(Cl)cc2)CC1. The molecule has 1 aliphatic heterocycles. The molecule has 6 heteroatoms. The molecule has 1 saturated carbocycles. The fourth-order valence-corrected chi connectivity index (χ4v) is 3.92. The molecule has 0 N–H and O–H groups in total. The third-order valence-corrected chi connectivity index (χ3v) is 5.98. The lowest BCUT2D eigenvalue weighted by atomic mass is 10.1. The molecule has 5 nitrogen and oxygen atoms in total. The number of rotatable bonds is 5. The molecule has 0 spiro atoms. The van der Waals surface area contributed by atoms with E-state index in [0.29, 0.717) is 24.3 Å². The highest BCUT2D eigenvalue weighted by atomic mass is 35.5. The van der Waals surface area contributed by atoms with Crippen LogP contribution in [-0.4, -0.2) is 54.8 Å². The van der Waals surface area contributed by atoms with Crippen LogP contribution in [0.25, 0.3) is 0 Å². The third-order valence-electron chi connectivity index (χ3n) is 5.73. The fraction of sp³-hybridized carbons (Fsp3) is 0.391. The Morgan fingerprint density at radius 1 is 1.00 bits per heavy atom. The Balaban J connectivity index is 1.39. The van der Waals surface area contributed by atoms with Crippen LogP contribution in [0.5, 0.6) is 0 Å². The van der Waals surface area contributed by atoms with Crippen molar-refractivity contribution in [3.8, 4) is 0 Å². The van der Waals surface area contributed by atoms with Gasteiger partial charge >= 0.3 is 0 Å². The second-order valence-corrected chi connectivity index (χ2v) is 8.32. The van der Waals surface area contributed by atoms with E-state index in [9.17, 15) is 9.59 Å². The van der Waals surface area contributed by atoms with Gasteiger partial charge in [0, 0.05) is 50.7 Å². The molecule has 1 saturated heterocycles. The van der Waals surface area contributed by atoms with Gasteiger partial charge in [0.05, 0.1) is 11.3 Å².